The van der Waals surface area contributed by atoms with Crippen molar-refractivity contribution in [2.24, 2.45) is 0 Å². The van der Waals surface area contributed by atoms with Crippen molar-refractivity contribution in [2.75, 3.05) is 20.1 Å². The molecule has 1 aliphatic carbocycles. The molecule has 3 aromatic rings. The smallest absolute Gasteiger partial charge is 0.253 e. The first-order valence-electron chi connectivity index (χ1n) is 10.8. The van der Waals surface area contributed by atoms with Gasteiger partial charge in [-0.2, -0.15) is 0 Å². The first kappa shape index (κ1) is 19.2. The normalized spacial score (nSPS) is 19.9. The lowest BCUT2D eigenvalue weighted by atomic mass is 9.92. The number of carbonyl (C=O) groups excluding carboxylic acids is 1. The molecule has 1 amide bonds. The van der Waals surface area contributed by atoms with Crippen molar-refractivity contribution in [1.29, 1.82) is 0 Å². The summed E-state index contributed by atoms with van der Waals surface area (Å²) in [4.78, 5) is 21.9. The van der Waals surface area contributed by atoms with E-state index in [0.29, 0.717) is 23.1 Å². The number of rotatable bonds is 4. The number of para-hydroxylation sites is 2. The van der Waals surface area contributed by atoms with Gasteiger partial charge in [0, 0.05) is 37.8 Å². The summed E-state index contributed by atoms with van der Waals surface area (Å²) in [5.41, 5.74) is 2.49. The Hall–Kier alpha value is -2.73. The van der Waals surface area contributed by atoms with Gasteiger partial charge in [-0.1, -0.05) is 18.6 Å². The fraction of sp³-hybridized carbons (Fsp3) is 0.417. The van der Waals surface area contributed by atoms with Crippen molar-refractivity contribution in [1.82, 2.24) is 19.4 Å². The van der Waals surface area contributed by atoms with Crippen LogP contribution < -0.4 is 0 Å². The quantitative estimate of drug-likeness (QED) is 0.653. The number of fused-ring (bicyclic) bond motifs is 1. The lowest BCUT2D eigenvalue weighted by Gasteiger charge is -2.35. The predicted molar refractivity (Wildman–Crippen MR) is 115 cm³/mol. The van der Waals surface area contributed by atoms with Crippen LogP contribution in [-0.4, -0.2) is 57.5 Å². The van der Waals surface area contributed by atoms with Crippen LogP contribution in [0.15, 0.2) is 42.5 Å². The van der Waals surface area contributed by atoms with Crippen molar-refractivity contribution in [3.8, 4) is 5.69 Å². The lowest BCUT2D eigenvalue weighted by Crippen LogP contribution is -2.43. The van der Waals surface area contributed by atoms with E-state index in [-0.39, 0.29) is 11.9 Å². The van der Waals surface area contributed by atoms with Crippen LogP contribution in [0, 0.1) is 12.7 Å². The molecule has 0 bridgehead atoms. The fourth-order valence-corrected chi connectivity index (χ4v) is 4.81. The highest BCUT2D eigenvalue weighted by Crippen LogP contribution is 2.30. The maximum atomic E-state index is 15.1. The van der Waals surface area contributed by atoms with Gasteiger partial charge in [0.05, 0.1) is 16.7 Å². The largest absolute Gasteiger partial charge is 0.337 e. The number of amides is 1. The Morgan fingerprint density at radius 2 is 1.97 bits per heavy atom. The Labute approximate surface area is 176 Å². The number of aromatic nitrogens is 2. The van der Waals surface area contributed by atoms with E-state index in [9.17, 15) is 4.79 Å². The highest BCUT2D eigenvalue weighted by atomic mass is 19.1. The Balaban J connectivity index is 1.38. The molecule has 1 saturated heterocycles. The number of halogens is 1. The summed E-state index contributed by atoms with van der Waals surface area (Å²) in [7, 11) is 1.84. The molecule has 156 valence electrons. The van der Waals surface area contributed by atoms with E-state index in [2.05, 4.69) is 9.88 Å². The minimum atomic E-state index is -0.414. The van der Waals surface area contributed by atoms with Crippen molar-refractivity contribution >= 4 is 16.9 Å². The van der Waals surface area contributed by atoms with Crippen molar-refractivity contribution in [2.45, 2.75) is 44.7 Å². The van der Waals surface area contributed by atoms with Gasteiger partial charge in [0.1, 0.15) is 11.6 Å². The second-order valence-corrected chi connectivity index (χ2v) is 8.59. The molecule has 1 atom stereocenters. The van der Waals surface area contributed by atoms with E-state index in [1.165, 1.54) is 25.3 Å². The average molecular weight is 407 g/mol. The van der Waals surface area contributed by atoms with Crippen LogP contribution in [0.2, 0.25) is 0 Å². The summed E-state index contributed by atoms with van der Waals surface area (Å²) < 4.78 is 16.9. The number of likely N-dealkylation sites (tertiary alicyclic amines) is 1. The minimum absolute atomic E-state index is 0.117. The Morgan fingerprint density at radius 3 is 2.70 bits per heavy atom. The van der Waals surface area contributed by atoms with Gasteiger partial charge in [0.15, 0.2) is 0 Å². The average Bonchev–Trinajstić information content (AvgIpc) is 3.30. The SMILES string of the molecule is Cc1nc2ccccc2n1-c1ccc(C(=O)N(C)[C@@H]2CCN(C3CCC3)C2)cc1F. The fourth-order valence-electron chi connectivity index (χ4n) is 4.81. The molecule has 5 rings (SSSR count). The highest BCUT2D eigenvalue weighted by Gasteiger charge is 2.34. The standard InChI is InChI=1S/C24H27FN4O/c1-16-26-21-8-3-4-9-23(21)29(16)22-11-10-17(14-20(22)25)24(30)27(2)19-12-13-28(15-19)18-6-5-7-18/h3-4,8-11,14,18-19H,5-7,12-13,15H2,1-2H3/t19-/m1/s1. The number of benzene rings is 2. The van der Waals surface area contributed by atoms with E-state index in [4.69, 9.17) is 0 Å². The molecule has 0 spiro atoms. The minimum Gasteiger partial charge on any atom is -0.337 e. The summed E-state index contributed by atoms with van der Waals surface area (Å²) in [6.07, 6.45) is 4.86. The second-order valence-electron chi connectivity index (χ2n) is 8.59. The molecular weight excluding hydrogens is 379 g/mol. The molecule has 5 nitrogen and oxygen atoms in total. The van der Waals surface area contributed by atoms with Gasteiger partial charge in [-0.05, 0) is 56.5 Å². The zero-order chi connectivity index (χ0) is 20.8. The van der Waals surface area contributed by atoms with Crippen LogP contribution in [0.25, 0.3) is 16.7 Å². The molecule has 2 fully saturated rings. The van der Waals surface area contributed by atoms with E-state index >= 15 is 4.39 Å². The maximum absolute atomic E-state index is 15.1. The molecule has 1 saturated carbocycles. The van der Waals surface area contributed by atoms with Crippen LogP contribution in [0.1, 0.15) is 41.9 Å². The van der Waals surface area contributed by atoms with Gasteiger partial charge in [-0.15, -0.1) is 0 Å². The first-order chi connectivity index (χ1) is 14.5. The molecule has 0 unspecified atom stereocenters. The third-order valence-electron chi connectivity index (χ3n) is 6.82. The first-order valence-corrected chi connectivity index (χ1v) is 10.8. The van der Waals surface area contributed by atoms with E-state index < -0.39 is 5.82 Å². The number of nitrogens with zero attached hydrogens (tertiary/aromatic N) is 4. The second kappa shape index (κ2) is 7.51. The molecule has 30 heavy (non-hydrogen) atoms. The van der Waals surface area contributed by atoms with Gasteiger partial charge in [0.2, 0.25) is 0 Å². The summed E-state index contributed by atoms with van der Waals surface area (Å²) in [5.74, 6) is 0.185. The van der Waals surface area contributed by atoms with Crippen molar-refractivity contribution in [3.63, 3.8) is 0 Å². The maximum Gasteiger partial charge on any atom is 0.253 e. The van der Waals surface area contributed by atoms with Gasteiger partial charge >= 0.3 is 0 Å². The van der Waals surface area contributed by atoms with Crippen LogP contribution in [0.3, 0.4) is 0 Å². The monoisotopic (exact) mass is 406 g/mol. The summed E-state index contributed by atoms with van der Waals surface area (Å²) >= 11 is 0. The number of imidazole rings is 1. The molecule has 2 aliphatic rings. The molecular formula is C24H27FN4O. The van der Waals surface area contributed by atoms with Crippen LogP contribution in [-0.2, 0) is 0 Å². The predicted octanol–water partition coefficient (Wildman–Crippen LogP) is 4.17. The Kier molecular flexibility index (Phi) is 4.82. The van der Waals surface area contributed by atoms with E-state index in [1.54, 1.807) is 21.6 Å². The molecule has 0 N–H and O–H groups in total. The van der Waals surface area contributed by atoms with Gasteiger partial charge in [0.25, 0.3) is 5.91 Å². The Bertz CT molecular complexity index is 1100. The summed E-state index contributed by atoms with van der Waals surface area (Å²) in [6.45, 7) is 3.83. The number of hydrogen-bond acceptors (Lipinski definition) is 3. The number of aryl methyl sites for hydroxylation is 1. The zero-order valence-electron chi connectivity index (χ0n) is 17.5. The molecule has 0 radical (unpaired) electrons. The molecule has 6 heteroatoms. The van der Waals surface area contributed by atoms with Gasteiger partial charge in [-0.3, -0.25) is 14.3 Å². The lowest BCUT2D eigenvalue weighted by molar-refractivity contribution is 0.0719. The molecule has 2 aromatic carbocycles. The van der Waals surface area contributed by atoms with Crippen LogP contribution in [0.4, 0.5) is 4.39 Å². The Morgan fingerprint density at radius 1 is 1.17 bits per heavy atom. The van der Waals surface area contributed by atoms with E-state index in [1.807, 2.05) is 38.2 Å². The van der Waals surface area contributed by atoms with Gasteiger partial charge < -0.3 is 4.90 Å². The van der Waals surface area contributed by atoms with Crippen LogP contribution >= 0.6 is 0 Å². The van der Waals surface area contributed by atoms with Crippen LogP contribution in [0.5, 0.6) is 0 Å². The topological polar surface area (TPSA) is 41.4 Å². The summed E-state index contributed by atoms with van der Waals surface area (Å²) in [6, 6.07) is 13.3. The van der Waals surface area contributed by atoms with Gasteiger partial charge in [-0.25, -0.2) is 9.37 Å². The summed E-state index contributed by atoms with van der Waals surface area (Å²) in [5, 5.41) is 0. The third-order valence-corrected chi connectivity index (χ3v) is 6.82. The highest BCUT2D eigenvalue weighted by molar-refractivity contribution is 5.94. The molecule has 2 heterocycles. The number of carbonyl (C=O) groups is 1. The number of likely N-dealkylation sites (N-methyl/N-ethyl adjacent to an activating group) is 1. The number of hydrogen-bond donors (Lipinski definition) is 0. The zero-order valence-corrected chi connectivity index (χ0v) is 17.5. The van der Waals surface area contributed by atoms with E-state index in [0.717, 1.165) is 30.5 Å². The molecule has 1 aromatic heterocycles. The molecule has 1 aliphatic heterocycles. The third kappa shape index (κ3) is 3.19. The van der Waals surface area contributed by atoms with Crippen molar-refractivity contribution < 1.29 is 9.18 Å². The van der Waals surface area contributed by atoms with Crippen molar-refractivity contribution in [3.05, 3.63) is 59.7 Å².